The summed E-state index contributed by atoms with van der Waals surface area (Å²) in [6.45, 7) is 2.93. The molecular weight excluding hydrogens is 929 g/mol. The zero-order chi connectivity index (χ0) is 52.9. The number of aliphatic hydroxyl groups is 3. The molecule has 0 spiro atoms. The molecule has 0 bridgehead atoms. The molecule has 7 N–H and O–H groups in total. The molecule has 73 heavy (non-hydrogen) atoms. The lowest BCUT2D eigenvalue weighted by Crippen LogP contribution is -2.75. The van der Waals surface area contributed by atoms with Gasteiger partial charge in [-0.25, -0.2) is 4.79 Å². The van der Waals surface area contributed by atoms with E-state index in [1.807, 2.05) is 24.3 Å². The Kier molecular flexibility index (Phi) is 32.9. The Morgan fingerprint density at radius 1 is 0.630 bits per heavy atom. The lowest BCUT2D eigenvalue weighted by molar-refractivity contribution is -0.291. The monoisotopic (exact) mass is 1020 g/mol. The first-order chi connectivity index (χ1) is 35.4. The first kappa shape index (κ1) is 62.9. The molecule has 0 radical (unpaired) electrons. The first-order valence-electron chi connectivity index (χ1n) is 28.2. The van der Waals surface area contributed by atoms with E-state index in [-0.39, 0.29) is 44.9 Å². The predicted molar refractivity (Wildman–Crippen MR) is 285 cm³/mol. The lowest BCUT2D eigenvalue weighted by Gasteiger charge is -2.52. The third kappa shape index (κ3) is 25.1. The zero-order valence-corrected chi connectivity index (χ0v) is 44.6. The number of alkyl carbamates (subject to hydrolysis) is 1. The van der Waals surface area contributed by atoms with Crippen LogP contribution in [0.1, 0.15) is 205 Å². The third-order valence-corrected chi connectivity index (χ3v) is 14.0. The minimum Gasteiger partial charge on any atom is -0.461 e. The van der Waals surface area contributed by atoms with E-state index in [0.717, 1.165) is 56.9 Å². The highest BCUT2D eigenvalue weighted by atomic mass is 16.6. The quantitative estimate of drug-likeness (QED) is 0.0208. The number of hydrogen-bond donors (Lipinski definition) is 6. The first-order valence-corrected chi connectivity index (χ1v) is 28.2. The summed E-state index contributed by atoms with van der Waals surface area (Å²) in [6, 6.07) is 16.6. The molecule has 2 aromatic carbocycles. The van der Waals surface area contributed by atoms with Crippen LogP contribution in [0.25, 0.3) is 0 Å². The van der Waals surface area contributed by atoms with Crippen molar-refractivity contribution in [3.8, 4) is 0 Å². The number of unbranched alkanes of at least 4 members (excludes halogenated alkanes) is 23. The summed E-state index contributed by atoms with van der Waals surface area (Å²) in [6.07, 6.45) is 21.6. The molecule has 1 aliphatic rings. The van der Waals surface area contributed by atoms with Crippen LogP contribution in [-0.2, 0) is 46.6 Å². The number of rotatable bonds is 41. The number of nitrogens with one attached hydrogen (secondary N) is 2. The second kappa shape index (κ2) is 38.2. The fourth-order valence-corrected chi connectivity index (χ4v) is 9.54. The Morgan fingerprint density at radius 3 is 1.56 bits per heavy atom. The molecule has 15 heteroatoms. The van der Waals surface area contributed by atoms with Gasteiger partial charge < -0.3 is 45.1 Å². The van der Waals surface area contributed by atoms with E-state index in [1.54, 1.807) is 36.4 Å². The summed E-state index contributed by atoms with van der Waals surface area (Å²) >= 11 is 0. The fourth-order valence-electron chi connectivity index (χ4n) is 9.54. The molecule has 3 amide bonds. The Hall–Kier alpha value is -4.41. The van der Waals surface area contributed by atoms with Crippen LogP contribution in [0.2, 0.25) is 0 Å². The Balaban J connectivity index is 1.70. The van der Waals surface area contributed by atoms with Crippen molar-refractivity contribution >= 4 is 29.7 Å². The van der Waals surface area contributed by atoms with Gasteiger partial charge in [-0.2, -0.15) is 0 Å². The van der Waals surface area contributed by atoms with Gasteiger partial charge in [-0.3, -0.25) is 24.9 Å². The van der Waals surface area contributed by atoms with E-state index in [2.05, 4.69) is 24.5 Å². The van der Waals surface area contributed by atoms with Gasteiger partial charge >= 0.3 is 12.1 Å². The van der Waals surface area contributed by atoms with E-state index in [9.17, 15) is 39.3 Å². The molecule has 0 unspecified atom stereocenters. The van der Waals surface area contributed by atoms with Crippen molar-refractivity contribution in [2.45, 2.75) is 237 Å². The van der Waals surface area contributed by atoms with Crippen molar-refractivity contribution in [3.63, 3.8) is 0 Å². The third-order valence-electron chi connectivity index (χ3n) is 14.0. The van der Waals surface area contributed by atoms with Gasteiger partial charge in [-0.05, 0) is 30.4 Å². The van der Waals surface area contributed by atoms with Gasteiger partial charge in [0.25, 0.3) is 0 Å². The molecule has 1 fully saturated rings. The second-order valence-corrected chi connectivity index (χ2v) is 20.1. The van der Waals surface area contributed by atoms with Crippen molar-refractivity contribution in [1.82, 2.24) is 15.5 Å². The number of hydrogen-bond acceptors (Lipinski definition) is 12. The van der Waals surface area contributed by atoms with E-state index in [0.29, 0.717) is 18.4 Å². The maximum atomic E-state index is 14.4. The number of aliphatic hydroxyl groups excluding tert-OH is 3. The Morgan fingerprint density at radius 2 is 1.08 bits per heavy atom. The number of nitrogens with two attached hydrogens (primary N) is 1. The van der Waals surface area contributed by atoms with Crippen LogP contribution in [0, 0.1) is 5.92 Å². The molecule has 0 aliphatic carbocycles. The second-order valence-electron chi connectivity index (χ2n) is 20.1. The van der Waals surface area contributed by atoms with Gasteiger partial charge in [0, 0.05) is 19.4 Å². The summed E-state index contributed by atoms with van der Waals surface area (Å²) in [4.78, 5) is 69.7. The SMILES string of the molecule is CCCCCCCCCCCCCCCCCCN(C(=O)CCCCCCCCCCC)[C@]1(N)O[C@H](CO)[C@@H](O)[C@H](O)[C@H]1C(=O)CNC(=O)[C@H](CCC(=O)OCc1ccccc1)NC(=O)OCc1ccccc1. The minimum absolute atomic E-state index is 0.00535. The highest BCUT2D eigenvalue weighted by Crippen LogP contribution is 2.36. The van der Waals surface area contributed by atoms with Gasteiger partial charge in [0.1, 0.15) is 37.4 Å². The maximum absolute atomic E-state index is 14.4. The summed E-state index contributed by atoms with van der Waals surface area (Å²) in [5.74, 6) is -6.79. The molecule has 412 valence electrons. The van der Waals surface area contributed by atoms with Crippen LogP contribution in [0.4, 0.5) is 4.79 Å². The van der Waals surface area contributed by atoms with Gasteiger partial charge in [-0.1, -0.05) is 222 Å². The Bertz CT molecular complexity index is 1810. The van der Waals surface area contributed by atoms with Crippen LogP contribution in [0.15, 0.2) is 60.7 Å². The Labute approximate surface area is 437 Å². The number of benzene rings is 2. The average molecular weight is 1020 g/mol. The number of nitrogens with zero attached hydrogens (tertiary/aromatic N) is 1. The van der Waals surface area contributed by atoms with Gasteiger partial charge in [0.05, 0.1) is 19.3 Å². The highest BCUT2D eigenvalue weighted by Gasteiger charge is 2.58. The van der Waals surface area contributed by atoms with E-state index in [1.165, 1.54) is 101 Å². The summed E-state index contributed by atoms with van der Waals surface area (Å²) in [7, 11) is 0. The van der Waals surface area contributed by atoms with Crippen LogP contribution in [0.5, 0.6) is 0 Å². The van der Waals surface area contributed by atoms with Gasteiger partial charge in [0.2, 0.25) is 17.7 Å². The van der Waals surface area contributed by atoms with Gasteiger partial charge in [-0.15, -0.1) is 0 Å². The normalized spacial score (nSPS) is 18.9. The molecular formula is C58H94N4O11. The average Bonchev–Trinajstić information content (AvgIpc) is 3.39. The molecule has 3 rings (SSSR count). The molecule has 1 saturated heterocycles. The number of esters is 1. The van der Waals surface area contributed by atoms with E-state index in [4.69, 9.17) is 19.9 Å². The van der Waals surface area contributed by atoms with Crippen LogP contribution < -0.4 is 16.4 Å². The number of carbonyl (C=O) groups is 5. The molecule has 1 heterocycles. The molecule has 6 atom stereocenters. The summed E-state index contributed by atoms with van der Waals surface area (Å²) in [5, 5.41) is 38.1. The van der Waals surface area contributed by atoms with Crippen molar-refractivity contribution < 1.29 is 53.5 Å². The summed E-state index contributed by atoms with van der Waals surface area (Å²) in [5.41, 5.74) is 8.52. The zero-order valence-electron chi connectivity index (χ0n) is 44.6. The lowest BCUT2D eigenvalue weighted by atomic mass is 9.82. The molecule has 1 aliphatic heterocycles. The minimum atomic E-state index is -2.30. The van der Waals surface area contributed by atoms with E-state index >= 15 is 0 Å². The van der Waals surface area contributed by atoms with Crippen molar-refractivity contribution in [1.29, 1.82) is 0 Å². The van der Waals surface area contributed by atoms with Crippen LogP contribution >= 0.6 is 0 Å². The fraction of sp³-hybridized carbons (Fsp3) is 0.707. The van der Waals surface area contributed by atoms with Gasteiger partial charge in [0.15, 0.2) is 5.78 Å². The predicted octanol–water partition coefficient (Wildman–Crippen LogP) is 9.84. The maximum Gasteiger partial charge on any atom is 0.408 e. The standard InChI is InChI=1S/C58H94N4O11/c1-3-5-7-9-11-13-14-15-16-17-18-19-21-23-25-33-41-62(51(65)38-32-24-22-20-12-10-8-6-4-2)58(59)53(55(68)54(67)50(43-63)73-58)49(64)42-60-56(69)48(61-57(70)72-45-47-36-30-27-31-37-47)39-40-52(66)71-44-46-34-28-26-29-35-46/h26-31,34-37,48,50,53-55,63,67-68H,3-25,32-33,38-45,59H2,1-2H3,(H,60,69)(H,61,70)/t48-,50+,53+,54+,55+,58-/m0/s1. The van der Waals surface area contributed by atoms with Crippen LogP contribution in [0.3, 0.4) is 0 Å². The van der Waals surface area contributed by atoms with Crippen molar-refractivity contribution in [3.05, 3.63) is 71.8 Å². The smallest absolute Gasteiger partial charge is 0.408 e. The topological polar surface area (TPSA) is 227 Å². The number of amides is 3. The van der Waals surface area contributed by atoms with Crippen LogP contribution in [-0.4, -0.2) is 99.8 Å². The number of ether oxygens (including phenoxy) is 3. The number of ketones is 1. The van der Waals surface area contributed by atoms with Crippen molar-refractivity contribution in [2.75, 3.05) is 19.7 Å². The number of carbonyl (C=O) groups excluding carboxylic acids is 5. The molecule has 0 aromatic heterocycles. The molecule has 0 saturated carbocycles. The largest absolute Gasteiger partial charge is 0.461 e. The molecule has 15 nitrogen and oxygen atoms in total. The number of Topliss-reactive ketones (excluding diaryl/α,β-unsaturated/α-hetero) is 1. The van der Waals surface area contributed by atoms with E-state index < -0.39 is 73.0 Å². The highest BCUT2D eigenvalue weighted by molar-refractivity contribution is 5.92. The summed E-state index contributed by atoms with van der Waals surface area (Å²) < 4.78 is 16.9. The molecule has 2 aromatic rings. The van der Waals surface area contributed by atoms with Crippen molar-refractivity contribution in [2.24, 2.45) is 11.7 Å².